The van der Waals surface area contributed by atoms with Gasteiger partial charge in [0, 0.05) is 25.0 Å². The smallest absolute Gasteiger partial charge is 0.293 e. The fraction of sp³-hybridized carbons (Fsp3) is 0.429. The van der Waals surface area contributed by atoms with Crippen molar-refractivity contribution in [3.8, 4) is 0 Å². The standard InChI is InChI=1S/C21H28N4O2.2ClH/c1-2-27-24-21(26)20-14-19(8-11-22-20)23-15-17-9-12-25(13-10-17)16-18-6-4-3-5-7-18;;/h3-8,11,14,17H,2,9-10,12-13,15-16H2,1H3,(H,22,23)(H,24,26);2*1H. The summed E-state index contributed by atoms with van der Waals surface area (Å²) >= 11 is 0. The van der Waals surface area contributed by atoms with Crippen molar-refractivity contribution in [2.75, 3.05) is 31.6 Å². The van der Waals surface area contributed by atoms with Crippen molar-refractivity contribution < 1.29 is 9.63 Å². The molecule has 0 aliphatic carbocycles. The lowest BCUT2D eigenvalue weighted by Gasteiger charge is -2.32. The molecular formula is C21H30Cl2N4O2. The number of likely N-dealkylation sites (tertiary alicyclic amines) is 1. The van der Waals surface area contributed by atoms with Crippen molar-refractivity contribution in [3.05, 3.63) is 59.9 Å². The molecule has 1 aromatic heterocycles. The molecule has 1 aromatic carbocycles. The zero-order chi connectivity index (χ0) is 18.9. The maximum Gasteiger partial charge on any atom is 0.293 e. The van der Waals surface area contributed by atoms with E-state index >= 15 is 0 Å². The van der Waals surface area contributed by atoms with E-state index in [4.69, 9.17) is 4.84 Å². The number of nitrogens with zero attached hydrogens (tertiary/aromatic N) is 2. The Bertz CT molecular complexity index is 726. The number of amides is 1. The highest BCUT2D eigenvalue weighted by molar-refractivity contribution is 5.92. The molecule has 2 aromatic rings. The molecule has 1 aliphatic rings. The van der Waals surface area contributed by atoms with Crippen molar-refractivity contribution in [2.45, 2.75) is 26.3 Å². The quantitative estimate of drug-likeness (QED) is 0.608. The molecule has 2 heterocycles. The summed E-state index contributed by atoms with van der Waals surface area (Å²) in [5, 5.41) is 3.45. The third-order valence-electron chi connectivity index (χ3n) is 4.85. The first-order chi connectivity index (χ1) is 13.2. The number of carbonyl (C=O) groups excluding carboxylic acids is 1. The van der Waals surface area contributed by atoms with E-state index < -0.39 is 0 Å². The van der Waals surface area contributed by atoms with Gasteiger partial charge in [0.15, 0.2) is 0 Å². The van der Waals surface area contributed by atoms with Crippen molar-refractivity contribution in [2.24, 2.45) is 5.92 Å². The van der Waals surface area contributed by atoms with E-state index in [1.165, 1.54) is 18.4 Å². The Labute approximate surface area is 185 Å². The summed E-state index contributed by atoms with van der Waals surface area (Å²) in [5.41, 5.74) is 5.02. The number of hydrogen-bond acceptors (Lipinski definition) is 5. The lowest BCUT2D eigenvalue weighted by atomic mass is 9.96. The van der Waals surface area contributed by atoms with Gasteiger partial charge in [-0.1, -0.05) is 30.3 Å². The minimum absolute atomic E-state index is 0. The molecule has 1 saturated heterocycles. The minimum atomic E-state index is -0.324. The monoisotopic (exact) mass is 440 g/mol. The SMILES string of the molecule is CCONC(=O)c1cc(NCC2CCN(Cc3ccccc3)CC2)ccn1.Cl.Cl. The van der Waals surface area contributed by atoms with Crippen LogP contribution in [-0.2, 0) is 11.4 Å². The summed E-state index contributed by atoms with van der Waals surface area (Å²) in [6.45, 7) is 6.43. The molecule has 29 heavy (non-hydrogen) atoms. The van der Waals surface area contributed by atoms with Crippen LogP contribution in [0.4, 0.5) is 5.69 Å². The summed E-state index contributed by atoms with van der Waals surface area (Å²) in [6.07, 6.45) is 4.01. The number of hydrogen-bond donors (Lipinski definition) is 2. The maximum absolute atomic E-state index is 11.9. The predicted molar refractivity (Wildman–Crippen MR) is 121 cm³/mol. The Morgan fingerprint density at radius 3 is 2.59 bits per heavy atom. The van der Waals surface area contributed by atoms with Crippen LogP contribution in [-0.4, -0.2) is 42.0 Å². The average Bonchev–Trinajstić information content (AvgIpc) is 2.72. The number of nitrogens with one attached hydrogen (secondary N) is 2. The Morgan fingerprint density at radius 1 is 1.17 bits per heavy atom. The van der Waals surface area contributed by atoms with E-state index in [2.05, 4.69) is 51.0 Å². The predicted octanol–water partition coefficient (Wildman–Crippen LogP) is 3.93. The normalized spacial score (nSPS) is 14.4. The molecule has 2 N–H and O–H groups in total. The zero-order valence-electron chi connectivity index (χ0n) is 16.7. The molecule has 1 aliphatic heterocycles. The maximum atomic E-state index is 11.9. The highest BCUT2D eigenvalue weighted by Gasteiger charge is 2.19. The molecule has 0 saturated carbocycles. The van der Waals surface area contributed by atoms with Gasteiger partial charge in [-0.3, -0.25) is 19.5 Å². The Kier molecular flexibility index (Phi) is 11.6. The van der Waals surface area contributed by atoms with Gasteiger partial charge in [0.05, 0.1) is 6.61 Å². The molecule has 160 valence electrons. The fourth-order valence-electron chi connectivity index (χ4n) is 3.31. The van der Waals surface area contributed by atoms with Gasteiger partial charge < -0.3 is 5.32 Å². The van der Waals surface area contributed by atoms with Gasteiger partial charge in [-0.15, -0.1) is 24.8 Å². The molecule has 0 bridgehead atoms. The molecule has 1 fully saturated rings. The molecule has 3 rings (SSSR count). The highest BCUT2D eigenvalue weighted by atomic mass is 35.5. The van der Waals surface area contributed by atoms with Gasteiger partial charge in [0.1, 0.15) is 5.69 Å². The Hall–Kier alpha value is -1.86. The van der Waals surface area contributed by atoms with Gasteiger partial charge in [-0.05, 0) is 56.5 Å². The third kappa shape index (κ3) is 8.19. The van der Waals surface area contributed by atoms with Gasteiger partial charge in [0.25, 0.3) is 5.91 Å². The van der Waals surface area contributed by atoms with Crippen molar-refractivity contribution in [3.63, 3.8) is 0 Å². The van der Waals surface area contributed by atoms with Crippen molar-refractivity contribution in [1.29, 1.82) is 0 Å². The fourth-order valence-corrected chi connectivity index (χ4v) is 3.31. The van der Waals surface area contributed by atoms with Crippen LogP contribution in [0.5, 0.6) is 0 Å². The number of hydroxylamine groups is 1. The lowest BCUT2D eigenvalue weighted by molar-refractivity contribution is 0.0360. The van der Waals surface area contributed by atoms with Crippen LogP contribution in [0.2, 0.25) is 0 Å². The second kappa shape index (κ2) is 13.4. The second-order valence-electron chi connectivity index (χ2n) is 6.88. The van der Waals surface area contributed by atoms with Crippen molar-refractivity contribution >= 4 is 36.4 Å². The van der Waals surface area contributed by atoms with Crippen LogP contribution in [0, 0.1) is 5.92 Å². The van der Waals surface area contributed by atoms with Crippen LogP contribution in [0.1, 0.15) is 35.8 Å². The summed E-state index contributed by atoms with van der Waals surface area (Å²) in [5.74, 6) is 0.320. The second-order valence-corrected chi connectivity index (χ2v) is 6.88. The summed E-state index contributed by atoms with van der Waals surface area (Å²) < 4.78 is 0. The first kappa shape index (κ1) is 25.2. The van der Waals surface area contributed by atoms with E-state index in [1.54, 1.807) is 12.3 Å². The molecule has 0 spiro atoms. The van der Waals surface area contributed by atoms with E-state index in [-0.39, 0.29) is 30.7 Å². The van der Waals surface area contributed by atoms with E-state index in [0.29, 0.717) is 18.2 Å². The largest absolute Gasteiger partial charge is 0.385 e. The number of halogens is 2. The van der Waals surface area contributed by atoms with Crippen molar-refractivity contribution in [1.82, 2.24) is 15.4 Å². The van der Waals surface area contributed by atoms with Crippen LogP contribution < -0.4 is 10.8 Å². The van der Waals surface area contributed by atoms with E-state index in [0.717, 1.165) is 31.9 Å². The number of aromatic nitrogens is 1. The first-order valence-corrected chi connectivity index (χ1v) is 9.63. The number of anilines is 1. The van der Waals surface area contributed by atoms with Gasteiger partial charge in [0.2, 0.25) is 0 Å². The molecule has 6 nitrogen and oxygen atoms in total. The van der Waals surface area contributed by atoms with Gasteiger partial charge in [-0.25, -0.2) is 5.48 Å². The molecule has 0 radical (unpaired) electrons. The summed E-state index contributed by atoms with van der Waals surface area (Å²) in [4.78, 5) is 23.5. The Balaban J connectivity index is 0.00000210. The minimum Gasteiger partial charge on any atom is -0.385 e. The number of rotatable bonds is 8. The number of pyridine rings is 1. The molecule has 8 heteroatoms. The molecule has 1 amide bonds. The zero-order valence-corrected chi connectivity index (χ0v) is 18.3. The number of piperidine rings is 1. The van der Waals surface area contributed by atoms with E-state index in [1.807, 2.05) is 13.0 Å². The van der Waals surface area contributed by atoms with Crippen LogP contribution >= 0.6 is 24.8 Å². The topological polar surface area (TPSA) is 66.5 Å². The summed E-state index contributed by atoms with van der Waals surface area (Å²) in [7, 11) is 0. The van der Waals surface area contributed by atoms with E-state index in [9.17, 15) is 4.79 Å². The van der Waals surface area contributed by atoms with Crippen LogP contribution in [0.25, 0.3) is 0 Å². The third-order valence-corrected chi connectivity index (χ3v) is 4.85. The summed E-state index contributed by atoms with van der Waals surface area (Å²) in [6, 6.07) is 14.3. The van der Waals surface area contributed by atoms with Crippen LogP contribution in [0.3, 0.4) is 0 Å². The number of carbonyl (C=O) groups is 1. The molecule has 0 atom stereocenters. The van der Waals surface area contributed by atoms with Gasteiger partial charge >= 0.3 is 0 Å². The molecule has 0 unspecified atom stereocenters. The van der Waals surface area contributed by atoms with Gasteiger partial charge in [-0.2, -0.15) is 0 Å². The Morgan fingerprint density at radius 2 is 1.90 bits per heavy atom. The molecular weight excluding hydrogens is 411 g/mol. The number of benzene rings is 1. The van der Waals surface area contributed by atoms with Crippen LogP contribution in [0.15, 0.2) is 48.7 Å². The lowest BCUT2D eigenvalue weighted by Crippen LogP contribution is -2.35. The average molecular weight is 441 g/mol. The highest BCUT2D eigenvalue weighted by Crippen LogP contribution is 2.20. The first-order valence-electron chi connectivity index (χ1n) is 9.63.